The van der Waals surface area contributed by atoms with Crippen LogP contribution in [-0.2, 0) is 9.59 Å². The van der Waals surface area contributed by atoms with Gasteiger partial charge in [-0.05, 0) is 12.1 Å². The highest BCUT2D eigenvalue weighted by Crippen LogP contribution is 2.34. The maximum Gasteiger partial charge on any atom is 0.265 e. The molecule has 0 unspecified atom stereocenters. The van der Waals surface area contributed by atoms with Crippen molar-refractivity contribution in [3.05, 3.63) is 30.9 Å². The van der Waals surface area contributed by atoms with Gasteiger partial charge in [0.05, 0.1) is 5.69 Å². The highest BCUT2D eigenvalue weighted by Gasteiger charge is 2.24. The van der Waals surface area contributed by atoms with E-state index in [0.717, 1.165) is 0 Å². The van der Waals surface area contributed by atoms with Gasteiger partial charge >= 0.3 is 0 Å². The number of rotatable bonds is 3. The molecular formula is C13H14N2O3. The van der Waals surface area contributed by atoms with Gasteiger partial charge in [-0.1, -0.05) is 6.08 Å². The van der Waals surface area contributed by atoms with Crippen LogP contribution in [-0.4, -0.2) is 25.0 Å². The van der Waals surface area contributed by atoms with E-state index in [2.05, 4.69) is 11.9 Å². The third kappa shape index (κ3) is 2.34. The first-order chi connectivity index (χ1) is 8.61. The largest absolute Gasteiger partial charge is 0.481 e. The van der Waals surface area contributed by atoms with Crippen LogP contribution in [0.4, 0.5) is 11.4 Å². The predicted molar refractivity (Wildman–Crippen MR) is 68.8 cm³/mol. The molecule has 0 atom stereocenters. The van der Waals surface area contributed by atoms with E-state index in [0.29, 0.717) is 23.7 Å². The third-order valence-electron chi connectivity index (χ3n) is 2.53. The molecule has 1 aromatic rings. The summed E-state index contributed by atoms with van der Waals surface area (Å²) in [7, 11) is 0. The maximum atomic E-state index is 11.7. The number of carbonyl (C=O) groups is 2. The molecule has 1 aliphatic rings. The van der Waals surface area contributed by atoms with Crippen LogP contribution in [0.1, 0.15) is 6.92 Å². The summed E-state index contributed by atoms with van der Waals surface area (Å²) in [6.07, 6.45) is 1.66. The van der Waals surface area contributed by atoms with Gasteiger partial charge in [-0.15, -0.1) is 6.58 Å². The molecule has 0 radical (unpaired) electrons. The average molecular weight is 246 g/mol. The summed E-state index contributed by atoms with van der Waals surface area (Å²) in [5.41, 5.74) is 1.34. The van der Waals surface area contributed by atoms with E-state index in [1.54, 1.807) is 29.2 Å². The molecule has 94 valence electrons. The zero-order chi connectivity index (χ0) is 13.1. The molecule has 5 heteroatoms. The van der Waals surface area contributed by atoms with Crippen LogP contribution in [0.5, 0.6) is 5.75 Å². The van der Waals surface area contributed by atoms with Gasteiger partial charge in [-0.2, -0.15) is 0 Å². The monoisotopic (exact) mass is 246 g/mol. The lowest BCUT2D eigenvalue weighted by Gasteiger charge is -2.28. The van der Waals surface area contributed by atoms with Crippen LogP contribution < -0.4 is 15.0 Å². The summed E-state index contributed by atoms with van der Waals surface area (Å²) < 4.78 is 5.36. The first-order valence-corrected chi connectivity index (χ1v) is 5.57. The molecule has 0 spiro atoms. The lowest BCUT2D eigenvalue weighted by Crippen LogP contribution is -2.38. The number of anilines is 2. The Morgan fingerprint density at radius 2 is 2.39 bits per heavy atom. The molecule has 1 heterocycles. The quantitative estimate of drug-likeness (QED) is 0.823. The molecule has 1 N–H and O–H groups in total. The zero-order valence-corrected chi connectivity index (χ0v) is 10.1. The third-order valence-corrected chi connectivity index (χ3v) is 2.53. The Bertz CT molecular complexity index is 511. The summed E-state index contributed by atoms with van der Waals surface area (Å²) in [5.74, 6) is 0.335. The van der Waals surface area contributed by atoms with Crippen LogP contribution >= 0.6 is 0 Å². The van der Waals surface area contributed by atoms with E-state index in [4.69, 9.17) is 4.74 Å². The molecule has 0 fully saturated rings. The molecule has 0 aromatic heterocycles. The van der Waals surface area contributed by atoms with Gasteiger partial charge in [0.15, 0.2) is 6.61 Å². The summed E-state index contributed by atoms with van der Waals surface area (Å²) in [6.45, 7) is 5.51. The number of hydrogen-bond donors (Lipinski definition) is 1. The summed E-state index contributed by atoms with van der Waals surface area (Å²) >= 11 is 0. The van der Waals surface area contributed by atoms with Gasteiger partial charge in [0.25, 0.3) is 5.91 Å². The van der Waals surface area contributed by atoms with Crippen molar-refractivity contribution in [1.29, 1.82) is 0 Å². The number of hydrogen-bond acceptors (Lipinski definition) is 3. The smallest absolute Gasteiger partial charge is 0.265 e. The number of carbonyl (C=O) groups excluding carboxylic acids is 2. The standard InChI is InChI=1S/C13H14N2O3/c1-3-6-15-11-5-4-10(14-9(2)16)7-12(11)18-8-13(15)17/h3-5,7H,1,6,8H2,2H3,(H,14,16). The summed E-state index contributed by atoms with van der Waals surface area (Å²) in [6, 6.07) is 5.19. The Kier molecular flexibility index (Phi) is 3.32. The van der Waals surface area contributed by atoms with Gasteiger partial charge in [0.1, 0.15) is 5.75 Å². The van der Waals surface area contributed by atoms with E-state index in [9.17, 15) is 9.59 Å². The molecule has 1 aromatic carbocycles. The van der Waals surface area contributed by atoms with Crippen LogP contribution in [0.15, 0.2) is 30.9 Å². The average Bonchev–Trinajstić information content (AvgIpc) is 2.32. The fourth-order valence-electron chi connectivity index (χ4n) is 1.81. The Hall–Kier alpha value is -2.30. The Balaban J connectivity index is 2.33. The highest BCUT2D eigenvalue weighted by molar-refractivity contribution is 5.99. The number of benzene rings is 1. The number of amides is 2. The zero-order valence-electron chi connectivity index (χ0n) is 10.1. The fourth-order valence-corrected chi connectivity index (χ4v) is 1.81. The molecule has 2 rings (SSSR count). The predicted octanol–water partition coefficient (Wildman–Crippen LogP) is 1.56. The Morgan fingerprint density at radius 1 is 1.61 bits per heavy atom. The minimum Gasteiger partial charge on any atom is -0.481 e. The maximum absolute atomic E-state index is 11.7. The fraction of sp³-hybridized carbons (Fsp3) is 0.231. The van der Waals surface area contributed by atoms with Gasteiger partial charge in [-0.3, -0.25) is 9.59 Å². The number of nitrogens with one attached hydrogen (secondary N) is 1. The van der Waals surface area contributed by atoms with Crippen molar-refractivity contribution >= 4 is 23.2 Å². The molecule has 2 amide bonds. The lowest BCUT2D eigenvalue weighted by molar-refractivity contribution is -0.121. The van der Waals surface area contributed by atoms with Crippen LogP contribution in [0, 0.1) is 0 Å². The van der Waals surface area contributed by atoms with Crippen LogP contribution in [0.3, 0.4) is 0 Å². The minimum absolute atomic E-state index is 0.00433. The summed E-state index contributed by atoms with van der Waals surface area (Å²) in [5, 5.41) is 2.67. The molecule has 0 saturated heterocycles. The van der Waals surface area contributed by atoms with E-state index >= 15 is 0 Å². The van der Waals surface area contributed by atoms with Gasteiger partial charge in [0, 0.05) is 25.2 Å². The number of nitrogens with zero attached hydrogens (tertiary/aromatic N) is 1. The number of fused-ring (bicyclic) bond motifs is 1. The Morgan fingerprint density at radius 3 is 3.06 bits per heavy atom. The molecule has 0 saturated carbocycles. The van der Waals surface area contributed by atoms with E-state index in [1.807, 2.05) is 0 Å². The molecular weight excluding hydrogens is 232 g/mol. The minimum atomic E-state index is -0.148. The van der Waals surface area contributed by atoms with Crippen molar-refractivity contribution in [1.82, 2.24) is 0 Å². The summed E-state index contributed by atoms with van der Waals surface area (Å²) in [4.78, 5) is 24.3. The Labute approximate surface area is 105 Å². The molecule has 0 aliphatic carbocycles. The van der Waals surface area contributed by atoms with Crippen molar-refractivity contribution in [3.63, 3.8) is 0 Å². The van der Waals surface area contributed by atoms with Crippen molar-refractivity contribution < 1.29 is 14.3 Å². The first-order valence-electron chi connectivity index (χ1n) is 5.57. The van der Waals surface area contributed by atoms with Crippen LogP contribution in [0.2, 0.25) is 0 Å². The van der Waals surface area contributed by atoms with Crippen molar-refractivity contribution in [2.24, 2.45) is 0 Å². The molecule has 0 bridgehead atoms. The first kappa shape index (κ1) is 12.2. The number of ether oxygens (including phenoxy) is 1. The van der Waals surface area contributed by atoms with Crippen molar-refractivity contribution in [2.75, 3.05) is 23.4 Å². The second-order valence-corrected chi connectivity index (χ2v) is 3.95. The van der Waals surface area contributed by atoms with E-state index in [-0.39, 0.29) is 18.4 Å². The lowest BCUT2D eigenvalue weighted by atomic mass is 10.2. The van der Waals surface area contributed by atoms with E-state index in [1.165, 1.54) is 6.92 Å². The van der Waals surface area contributed by atoms with E-state index < -0.39 is 0 Å². The van der Waals surface area contributed by atoms with Crippen LogP contribution in [0.25, 0.3) is 0 Å². The highest BCUT2D eigenvalue weighted by atomic mass is 16.5. The SMILES string of the molecule is C=CCN1C(=O)COc2cc(NC(C)=O)ccc21. The second-order valence-electron chi connectivity index (χ2n) is 3.95. The van der Waals surface area contributed by atoms with Crippen molar-refractivity contribution in [2.45, 2.75) is 6.92 Å². The van der Waals surface area contributed by atoms with Gasteiger partial charge in [0.2, 0.25) is 5.91 Å². The van der Waals surface area contributed by atoms with Gasteiger partial charge in [-0.25, -0.2) is 0 Å². The normalized spacial score (nSPS) is 13.6. The van der Waals surface area contributed by atoms with Crippen molar-refractivity contribution in [3.8, 4) is 5.75 Å². The molecule has 1 aliphatic heterocycles. The molecule has 18 heavy (non-hydrogen) atoms. The molecule has 5 nitrogen and oxygen atoms in total. The second kappa shape index (κ2) is 4.91. The topological polar surface area (TPSA) is 58.6 Å². The van der Waals surface area contributed by atoms with Gasteiger partial charge < -0.3 is 15.0 Å².